The van der Waals surface area contributed by atoms with Crippen LogP contribution in [0.2, 0.25) is 0 Å². The summed E-state index contributed by atoms with van der Waals surface area (Å²) in [6.45, 7) is 0. The van der Waals surface area contributed by atoms with Crippen LogP contribution in [0, 0.1) is 5.92 Å². The van der Waals surface area contributed by atoms with Gasteiger partial charge in [-0.1, -0.05) is 80.3 Å². The first-order valence-electron chi connectivity index (χ1n) is 11.6. The maximum Gasteiger partial charge on any atom is 0.225 e. The molecule has 0 saturated heterocycles. The molecule has 1 saturated carbocycles. The van der Waals surface area contributed by atoms with Gasteiger partial charge in [-0.3, -0.25) is 4.79 Å². The Balaban J connectivity index is 1.41. The van der Waals surface area contributed by atoms with Crippen LogP contribution >= 0.6 is 0 Å². The van der Waals surface area contributed by atoms with Gasteiger partial charge in [0.15, 0.2) is 5.82 Å². The molecule has 31 heavy (non-hydrogen) atoms. The lowest BCUT2D eigenvalue weighted by molar-refractivity contribution is -0.116. The highest BCUT2D eigenvalue weighted by molar-refractivity contribution is 5.90. The SMILES string of the molecule is O=C(CCc1ccccc1)Nc1nc2c(nc1CC1CCCC1)-c1ccccc1CC2. The van der Waals surface area contributed by atoms with Gasteiger partial charge in [0.1, 0.15) is 0 Å². The van der Waals surface area contributed by atoms with Gasteiger partial charge in [0.2, 0.25) is 5.91 Å². The smallest absolute Gasteiger partial charge is 0.225 e. The summed E-state index contributed by atoms with van der Waals surface area (Å²) in [5.41, 5.74) is 6.69. The average molecular weight is 412 g/mol. The third kappa shape index (κ3) is 4.53. The molecule has 1 aromatic heterocycles. The predicted octanol–water partition coefficient (Wildman–Crippen LogP) is 5.55. The molecule has 2 aromatic carbocycles. The molecule has 4 nitrogen and oxygen atoms in total. The van der Waals surface area contributed by atoms with E-state index in [1.807, 2.05) is 18.2 Å². The van der Waals surface area contributed by atoms with Crippen molar-refractivity contribution >= 4 is 11.7 Å². The topological polar surface area (TPSA) is 54.9 Å². The fourth-order valence-electron chi connectivity index (χ4n) is 4.94. The molecule has 1 amide bonds. The van der Waals surface area contributed by atoms with E-state index in [0.29, 0.717) is 18.2 Å². The van der Waals surface area contributed by atoms with E-state index < -0.39 is 0 Å². The van der Waals surface area contributed by atoms with Crippen LogP contribution in [-0.2, 0) is 30.5 Å². The zero-order chi connectivity index (χ0) is 21.0. The van der Waals surface area contributed by atoms with Gasteiger partial charge in [-0.05, 0) is 42.7 Å². The van der Waals surface area contributed by atoms with Crippen LogP contribution in [0.25, 0.3) is 11.3 Å². The molecule has 4 heteroatoms. The quantitative estimate of drug-likeness (QED) is 0.579. The van der Waals surface area contributed by atoms with Crippen molar-refractivity contribution in [3.63, 3.8) is 0 Å². The van der Waals surface area contributed by atoms with Gasteiger partial charge in [-0.25, -0.2) is 9.97 Å². The standard InChI is InChI=1S/C27H29N3O/c31-25(17-14-19-8-2-1-3-9-19)30-27-24(18-20-10-4-5-11-20)28-26-22-13-7-6-12-21(22)15-16-23(26)29-27/h1-3,6-9,12-13,20H,4-5,10-11,14-18H2,(H,29,30,31). The number of nitrogens with zero attached hydrogens (tertiary/aromatic N) is 2. The molecular formula is C27H29N3O. The van der Waals surface area contributed by atoms with Gasteiger partial charge in [0.25, 0.3) is 0 Å². The number of hydrogen-bond donors (Lipinski definition) is 1. The lowest BCUT2D eigenvalue weighted by Crippen LogP contribution is -2.19. The third-order valence-electron chi connectivity index (χ3n) is 6.64. The van der Waals surface area contributed by atoms with Gasteiger partial charge in [-0.15, -0.1) is 0 Å². The molecule has 0 aliphatic heterocycles. The zero-order valence-corrected chi connectivity index (χ0v) is 17.9. The van der Waals surface area contributed by atoms with Crippen molar-refractivity contribution in [1.82, 2.24) is 9.97 Å². The minimum absolute atomic E-state index is 0.0157. The summed E-state index contributed by atoms with van der Waals surface area (Å²) in [5, 5.41) is 3.12. The van der Waals surface area contributed by atoms with E-state index in [0.717, 1.165) is 42.8 Å². The summed E-state index contributed by atoms with van der Waals surface area (Å²) >= 11 is 0. The highest BCUT2D eigenvalue weighted by Crippen LogP contribution is 2.35. The Kier molecular flexibility index (Phi) is 5.79. The van der Waals surface area contributed by atoms with Crippen molar-refractivity contribution in [1.29, 1.82) is 0 Å². The highest BCUT2D eigenvalue weighted by atomic mass is 16.1. The van der Waals surface area contributed by atoms with Crippen molar-refractivity contribution in [2.45, 2.75) is 57.8 Å². The largest absolute Gasteiger partial charge is 0.309 e. The molecule has 5 rings (SSSR count). The molecule has 0 spiro atoms. The van der Waals surface area contributed by atoms with E-state index in [4.69, 9.17) is 9.97 Å². The monoisotopic (exact) mass is 411 g/mol. The third-order valence-corrected chi connectivity index (χ3v) is 6.64. The minimum atomic E-state index is 0.0157. The fourth-order valence-corrected chi connectivity index (χ4v) is 4.94. The number of nitrogens with one attached hydrogen (secondary N) is 1. The van der Waals surface area contributed by atoms with Crippen LogP contribution in [0.1, 0.15) is 54.6 Å². The maximum atomic E-state index is 12.8. The van der Waals surface area contributed by atoms with Crippen molar-refractivity contribution < 1.29 is 4.79 Å². The minimum Gasteiger partial charge on any atom is -0.309 e. The van der Waals surface area contributed by atoms with Gasteiger partial charge in [-0.2, -0.15) is 0 Å². The lowest BCUT2D eigenvalue weighted by atomic mass is 9.91. The number of fused-ring (bicyclic) bond motifs is 3. The van der Waals surface area contributed by atoms with E-state index in [1.54, 1.807) is 0 Å². The first kappa shape index (κ1) is 19.9. The number of amides is 1. The van der Waals surface area contributed by atoms with Crippen molar-refractivity contribution in [2.75, 3.05) is 5.32 Å². The number of carbonyl (C=O) groups excluding carboxylic acids is 1. The number of benzene rings is 2. The van der Waals surface area contributed by atoms with Crippen LogP contribution in [-0.4, -0.2) is 15.9 Å². The Hall–Kier alpha value is -3.01. The van der Waals surface area contributed by atoms with Crippen molar-refractivity contribution in [3.05, 3.63) is 77.1 Å². The molecule has 0 unspecified atom stereocenters. The first-order chi connectivity index (χ1) is 15.3. The van der Waals surface area contributed by atoms with Crippen molar-refractivity contribution in [2.24, 2.45) is 5.92 Å². The molecule has 0 radical (unpaired) electrons. The highest BCUT2D eigenvalue weighted by Gasteiger charge is 2.24. The summed E-state index contributed by atoms with van der Waals surface area (Å²) in [6.07, 6.45) is 9.02. The second kappa shape index (κ2) is 9.01. The van der Waals surface area contributed by atoms with Gasteiger partial charge in [0.05, 0.1) is 17.1 Å². The summed E-state index contributed by atoms with van der Waals surface area (Å²) in [5.74, 6) is 1.34. The second-order valence-corrected chi connectivity index (χ2v) is 8.86. The van der Waals surface area contributed by atoms with Gasteiger partial charge < -0.3 is 5.32 Å². The number of hydrogen-bond acceptors (Lipinski definition) is 3. The van der Waals surface area contributed by atoms with Crippen LogP contribution < -0.4 is 5.32 Å². The molecule has 1 heterocycles. The summed E-state index contributed by atoms with van der Waals surface area (Å²) in [7, 11) is 0. The zero-order valence-electron chi connectivity index (χ0n) is 17.9. The maximum absolute atomic E-state index is 12.8. The number of aryl methyl sites for hydroxylation is 3. The first-order valence-corrected chi connectivity index (χ1v) is 11.6. The molecule has 3 aromatic rings. The van der Waals surface area contributed by atoms with Crippen LogP contribution in [0.3, 0.4) is 0 Å². The van der Waals surface area contributed by atoms with Crippen LogP contribution in [0.15, 0.2) is 54.6 Å². The summed E-state index contributed by atoms with van der Waals surface area (Å²) < 4.78 is 0. The molecule has 0 bridgehead atoms. The molecule has 2 aliphatic carbocycles. The Bertz CT molecular complexity index is 1070. The summed E-state index contributed by atoms with van der Waals surface area (Å²) in [6, 6.07) is 18.7. The molecule has 2 aliphatic rings. The van der Waals surface area contributed by atoms with Gasteiger partial charge >= 0.3 is 0 Å². The van der Waals surface area contributed by atoms with Crippen LogP contribution in [0.5, 0.6) is 0 Å². The summed E-state index contributed by atoms with van der Waals surface area (Å²) in [4.78, 5) is 22.8. The van der Waals surface area contributed by atoms with E-state index >= 15 is 0 Å². The molecule has 0 atom stereocenters. The Morgan fingerprint density at radius 1 is 0.935 bits per heavy atom. The second-order valence-electron chi connectivity index (χ2n) is 8.86. The number of carbonyl (C=O) groups is 1. The number of anilines is 1. The lowest BCUT2D eigenvalue weighted by Gasteiger charge is -2.21. The van der Waals surface area contributed by atoms with Crippen molar-refractivity contribution in [3.8, 4) is 11.3 Å². The molecular weight excluding hydrogens is 382 g/mol. The van der Waals surface area contributed by atoms with Crippen LogP contribution in [0.4, 0.5) is 5.82 Å². The average Bonchev–Trinajstić information content (AvgIpc) is 3.32. The molecule has 1 N–H and O–H groups in total. The molecule has 158 valence electrons. The van der Waals surface area contributed by atoms with E-state index in [1.165, 1.54) is 42.4 Å². The Labute approximate surface area is 184 Å². The number of rotatable bonds is 6. The van der Waals surface area contributed by atoms with E-state index in [-0.39, 0.29) is 5.91 Å². The van der Waals surface area contributed by atoms with Gasteiger partial charge in [0, 0.05) is 12.0 Å². The predicted molar refractivity (Wildman–Crippen MR) is 124 cm³/mol. The fraction of sp³-hybridized carbons (Fsp3) is 0.370. The Morgan fingerprint density at radius 2 is 1.71 bits per heavy atom. The normalized spacial score (nSPS) is 15.4. The number of aromatic nitrogens is 2. The molecule has 1 fully saturated rings. The Morgan fingerprint density at radius 3 is 2.55 bits per heavy atom. The van der Waals surface area contributed by atoms with E-state index in [9.17, 15) is 4.79 Å². The van der Waals surface area contributed by atoms with E-state index in [2.05, 4.69) is 41.7 Å².